The summed E-state index contributed by atoms with van der Waals surface area (Å²) in [5, 5.41) is 7.61. The van der Waals surface area contributed by atoms with Crippen molar-refractivity contribution >= 4 is 11.6 Å². The van der Waals surface area contributed by atoms with E-state index in [2.05, 4.69) is 60.6 Å². The first kappa shape index (κ1) is 20.9. The van der Waals surface area contributed by atoms with Gasteiger partial charge < -0.3 is 14.7 Å². The number of aromatic nitrogens is 3. The van der Waals surface area contributed by atoms with Crippen LogP contribution in [0.25, 0.3) is 0 Å². The molecule has 2 aromatic heterocycles. The number of nitrogens with one attached hydrogen (secondary N) is 1. The van der Waals surface area contributed by atoms with Gasteiger partial charge in [0.05, 0.1) is 5.69 Å². The normalized spacial score (nSPS) is 17.4. The van der Waals surface area contributed by atoms with E-state index in [9.17, 15) is 0 Å². The van der Waals surface area contributed by atoms with Crippen molar-refractivity contribution in [3.05, 3.63) is 64.8 Å². The molecule has 3 aromatic rings. The Morgan fingerprint density at radius 2 is 1.88 bits per heavy atom. The van der Waals surface area contributed by atoms with E-state index in [1.165, 1.54) is 36.0 Å². The molecule has 1 saturated heterocycles. The van der Waals surface area contributed by atoms with Gasteiger partial charge in [-0.2, -0.15) is 0 Å². The predicted octanol–water partition coefficient (Wildman–Crippen LogP) is 4.28. The van der Waals surface area contributed by atoms with E-state index in [1.807, 2.05) is 13.8 Å². The first-order valence-electron chi connectivity index (χ1n) is 11.7. The van der Waals surface area contributed by atoms with Crippen molar-refractivity contribution in [3.8, 4) is 0 Å². The molecule has 7 heteroatoms. The molecule has 2 aliphatic rings. The zero-order chi connectivity index (χ0) is 21.9. The second-order valence-corrected chi connectivity index (χ2v) is 9.01. The van der Waals surface area contributed by atoms with Crippen molar-refractivity contribution in [1.29, 1.82) is 0 Å². The molecule has 1 aliphatic heterocycles. The summed E-state index contributed by atoms with van der Waals surface area (Å²) in [6.07, 6.45) is 5.66. The topological polar surface area (TPSA) is 70.3 Å². The van der Waals surface area contributed by atoms with Gasteiger partial charge in [-0.1, -0.05) is 35.8 Å². The zero-order valence-electron chi connectivity index (χ0n) is 19.0. The van der Waals surface area contributed by atoms with Crippen LogP contribution in [0.4, 0.5) is 11.6 Å². The van der Waals surface area contributed by atoms with Crippen LogP contribution in [0.15, 0.2) is 41.2 Å². The second-order valence-electron chi connectivity index (χ2n) is 9.01. The lowest BCUT2D eigenvalue weighted by Gasteiger charge is -2.35. The van der Waals surface area contributed by atoms with E-state index in [4.69, 9.17) is 4.52 Å². The molecular weight excluding hydrogens is 400 g/mol. The Morgan fingerprint density at radius 3 is 2.59 bits per heavy atom. The number of anilines is 2. The molecule has 0 unspecified atom stereocenters. The molecule has 0 spiro atoms. The highest BCUT2D eigenvalue weighted by Gasteiger charge is 2.22. The number of aryl methyl sites for hydroxylation is 2. The van der Waals surface area contributed by atoms with Crippen LogP contribution in [0.5, 0.6) is 0 Å². The molecule has 32 heavy (non-hydrogen) atoms. The molecule has 1 saturated carbocycles. The van der Waals surface area contributed by atoms with E-state index in [-0.39, 0.29) is 0 Å². The molecule has 0 radical (unpaired) electrons. The first-order valence-corrected chi connectivity index (χ1v) is 11.7. The lowest BCUT2D eigenvalue weighted by molar-refractivity contribution is 0.247. The van der Waals surface area contributed by atoms with E-state index in [0.717, 1.165) is 68.3 Å². The predicted molar refractivity (Wildman–Crippen MR) is 126 cm³/mol. The Hall–Kier alpha value is -2.93. The number of piperazine rings is 1. The molecule has 0 bridgehead atoms. The van der Waals surface area contributed by atoms with Crippen molar-refractivity contribution in [2.24, 2.45) is 0 Å². The van der Waals surface area contributed by atoms with Gasteiger partial charge in [-0.3, -0.25) is 4.90 Å². The van der Waals surface area contributed by atoms with Crippen LogP contribution in [0, 0.1) is 13.8 Å². The molecule has 1 aliphatic carbocycles. The molecular formula is C25H32N6O. The summed E-state index contributed by atoms with van der Waals surface area (Å²) >= 11 is 0. The summed E-state index contributed by atoms with van der Waals surface area (Å²) in [4.78, 5) is 13.8. The van der Waals surface area contributed by atoms with E-state index >= 15 is 0 Å². The van der Waals surface area contributed by atoms with Crippen molar-refractivity contribution in [2.75, 3.05) is 36.4 Å². The average Bonchev–Trinajstić information content (AvgIpc) is 3.10. The summed E-state index contributed by atoms with van der Waals surface area (Å²) < 4.78 is 5.31. The van der Waals surface area contributed by atoms with Crippen molar-refractivity contribution in [2.45, 2.75) is 52.1 Å². The third-order valence-electron chi connectivity index (χ3n) is 6.97. The van der Waals surface area contributed by atoms with Gasteiger partial charge in [0, 0.05) is 50.9 Å². The van der Waals surface area contributed by atoms with Gasteiger partial charge in [-0.15, -0.1) is 0 Å². The summed E-state index contributed by atoms with van der Waals surface area (Å²) in [6.45, 7) is 9.58. The van der Waals surface area contributed by atoms with Gasteiger partial charge in [0.25, 0.3) is 0 Å². The molecule has 2 fully saturated rings. The van der Waals surface area contributed by atoms with Crippen LogP contribution in [0.3, 0.4) is 0 Å². The second kappa shape index (κ2) is 9.28. The molecule has 3 heterocycles. The minimum atomic E-state index is 0.732. The van der Waals surface area contributed by atoms with E-state index in [0.29, 0.717) is 0 Å². The summed E-state index contributed by atoms with van der Waals surface area (Å²) in [6, 6.07) is 10.9. The summed E-state index contributed by atoms with van der Waals surface area (Å²) in [5.74, 6) is 3.54. The van der Waals surface area contributed by atoms with Crippen LogP contribution < -0.4 is 10.2 Å². The zero-order valence-corrected chi connectivity index (χ0v) is 19.0. The van der Waals surface area contributed by atoms with Crippen LogP contribution in [0.2, 0.25) is 0 Å². The van der Waals surface area contributed by atoms with Gasteiger partial charge in [0.15, 0.2) is 0 Å². The fourth-order valence-electron chi connectivity index (χ4n) is 4.70. The van der Waals surface area contributed by atoms with Gasteiger partial charge in [-0.05, 0) is 43.7 Å². The average molecular weight is 433 g/mol. The summed E-state index contributed by atoms with van der Waals surface area (Å²) in [5.41, 5.74) is 5.09. The smallest absolute Gasteiger partial charge is 0.138 e. The molecule has 0 amide bonds. The van der Waals surface area contributed by atoms with Gasteiger partial charge in [-0.25, -0.2) is 9.97 Å². The Balaban J connectivity index is 1.18. The van der Waals surface area contributed by atoms with Gasteiger partial charge in [0.2, 0.25) is 0 Å². The highest BCUT2D eigenvalue weighted by molar-refractivity contribution is 5.49. The maximum atomic E-state index is 5.31. The van der Waals surface area contributed by atoms with Crippen molar-refractivity contribution in [1.82, 2.24) is 20.0 Å². The molecule has 7 nitrogen and oxygen atoms in total. The van der Waals surface area contributed by atoms with Gasteiger partial charge >= 0.3 is 0 Å². The molecule has 1 aromatic carbocycles. The monoisotopic (exact) mass is 432 g/mol. The van der Waals surface area contributed by atoms with Crippen molar-refractivity contribution in [3.63, 3.8) is 0 Å². The number of hydrogen-bond acceptors (Lipinski definition) is 7. The number of rotatable bonds is 7. The molecule has 168 valence electrons. The Kier molecular flexibility index (Phi) is 6.08. The Bertz CT molecular complexity index is 1030. The SMILES string of the molecule is Cc1noc(C)c1CN1CCN(c2cc(NCc3ccccc3C3CCC3)ncn2)CC1. The fraction of sp³-hybridized carbons (Fsp3) is 0.480. The third kappa shape index (κ3) is 4.48. The Morgan fingerprint density at radius 1 is 1.06 bits per heavy atom. The fourth-order valence-corrected chi connectivity index (χ4v) is 4.70. The molecule has 5 rings (SSSR count). The van der Waals surface area contributed by atoms with E-state index in [1.54, 1.807) is 6.33 Å². The van der Waals surface area contributed by atoms with Crippen LogP contribution in [-0.4, -0.2) is 46.2 Å². The highest BCUT2D eigenvalue weighted by atomic mass is 16.5. The van der Waals surface area contributed by atoms with Gasteiger partial charge in [0.1, 0.15) is 23.7 Å². The lowest BCUT2D eigenvalue weighted by Crippen LogP contribution is -2.46. The Labute approximate surface area is 189 Å². The standard InChI is InChI=1S/C25H32N6O/c1-18-23(19(2)32-29-18)16-30-10-12-31(13-11-30)25-14-24(27-17-28-25)26-15-21-6-3-4-9-22(21)20-7-5-8-20/h3-4,6,9,14,17,20H,5,7-8,10-13,15-16H2,1-2H3,(H,26,27,28). The number of benzene rings is 1. The van der Waals surface area contributed by atoms with Crippen LogP contribution in [-0.2, 0) is 13.1 Å². The lowest BCUT2D eigenvalue weighted by atomic mass is 9.78. The van der Waals surface area contributed by atoms with Crippen LogP contribution in [0.1, 0.15) is 53.3 Å². The summed E-state index contributed by atoms with van der Waals surface area (Å²) in [7, 11) is 0. The molecule has 0 atom stereocenters. The highest BCUT2D eigenvalue weighted by Crippen LogP contribution is 2.38. The maximum absolute atomic E-state index is 5.31. The minimum absolute atomic E-state index is 0.732. The molecule has 1 N–H and O–H groups in total. The maximum Gasteiger partial charge on any atom is 0.138 e. The number of nitrogens with zero attached hydrogens (tertiary/aromatic N) is 5. The van der Waals surface area contributed by atoms with E-state index < -0.39 is 0 Å². The number of hydrogen-bond donors (Lipinski definition) is 1. The first-order chi connectivity index (χ1) is 15.7. The minimum Gasteiger partial charge on any atom is -0.366 e. The third-order valence-corrected chi connectivity index (χ3v) is 6.97. The van der Waals surface area contributed by atoms with Crippen LogP contribution >= 0.6 is 0 Å². The quantitative estimate of drug-likeness (QED) is 0.597. The van der Waals surface area contributed by atoms with Crippen molar-refractivity contribution < 1.29 is 4.52 Å². The largest absolute Gasteiger partial charge is 0.366 e.